The molecule has 0 spiro atoms. The standard InChI is InChI=1S/C20H22Cl2N2O4/c1-26-17-4-3-13(7-18(17)27-2)11-23-20(25)24-5-6-28-19(12-24)14-8-15(21)10-16(22)9-14/h3-4,7-10,19H,5-6,11-12H2,1-2H3,(H,23,25). The van der Waals surface area contributed by atoms with Crippen LogP contribution in [0.4, 0.5) is 4.79 Å². The number of nitrogens with one attached hydrogen (secondary N) is 1. The zero-order valence-corrected chi connectivity index (χ0v) is 17.2. The van der Waals surface area contributed by atoms with Gasteiger partial charge in [-0.1, -0.05) is 29.3 Å². The Kier molecular flexibility index (Phi) is 6.88. The molecular weight excluding hydrogens is 403 g/mol. The molecule has 6 nitrogen and oxygen atoms in total. The maximum atomic E-state index is 12.6. The largest absolute Gasteiger partial charge is 0.493 e. The molecule has 1 unspecified atom stereocenters. The van der Waals surface area contributed by atoms with Crippen molar-refractivity contribution in [1.29, 1.82) is 0 Å². The number of carbonyl (C=O) groups is 1. The maximum absolute atomic E-state index is 12.6. The minimum Gasteiger partial charge on any atom is -0.493 e. The lowest BCUT2D eigenvalue weighted by molar-refractivity contribution is -0.0154. The third kappa shape index (κ3) is 5.01. The number of nitrogens with zero attached hydrogens (tertiary/aromatic N) is 1. The second-order valence-electron chi connectivity index (χ2n) is 6.36. The number of urea groups is 1. The van der Waals surface area contributed by atoms with Crippen molar-refractivity contribution in [2.45, 2.75) is 12.6 Å². The van der Waals surface area contributed by atoms with E-state index >= 15 is 0 Å². The summed E-state index contributed by atoms with van der Waals surface area (Å²) >= 11 is 12.2. The van der Waals surface area contributed by atoms with Crippen LogP contribution in [0.5, 0.6) is 11.5 Å². The Bertz CT molecular complexity index is 827. The van der Waals surface area contributed by atoms with Gasteiger partial charge in [0.15, 0.2) is 11.5 Å². The number of ether oxygens (including phenoxy) is 3. The average Bonchev–Trinajstić information content (AvgIpc) is 2.71. The van der Waals surface area contributed by atoms with Gasteiger partial charge in [0.25, 0.3) is 0 Å². The first kappa shape index (κ1) is 20.6. The molecule has 2 amide bonds. The molecule has 0 aliphatic carbocycles. The molecule has 2 aromatic rings. The summed E-state index contributed by atoms with van der Waals surface area (Å²) in [5, 5.41) is 4.02. The molecule has 0 radical (unpaired) electrons. The third-order valence-electron chi connectivity index (χ3n) is 4.50. The van der Waals surface area contributed by atoms with Crippen LogP contribution in [0.15, 0.2) is 36.4 Å². The van der Waals surface area contributed by atoms with E-state index in [-0.39, 0.29) is 12.1 Å². The van der Waals surface area contributed by atoms with Crippen molar-refractivity contribution >= 4 is 29.2 Å². The molecule has 1 heterocycles. The van der Waals surface area contributed by atoms with Crippen molar-refractivity contribution in [3.05, 3.63) is 57.6 Å². The van der Waals surface area contributed by atoms with Gasteiger partial charge >= 0.3 is 6.03 Å². The van der Waals surface area contributed by atoms with Gasteiger partial charge in [-0.2, -0.15) is 0 Å². The van der Waals surface area contributed by atoms with Crippen molar-refractivity contribution in [2.24, 2.45) is 0 Å². The van der Waals surface area contributed by atoms with Gasteiger partial charge in [0, 0.05) is 23.1 Å². The van der Waals surface area contributed by atoms with Crippen LogP contribution in [0, 0.1) is 0 Å². The van der Waals surface area contributed by atoms with Crippen LogP contribution in [0.1, 0.15) is 17.2 Å². The number of methoxy groups -OCH3 is 2. The van der Waals surface area contributed by atoms with Crippen LogP contribution < -0.4 is 14.8 Å². The molecule has 0 bridgehead atoms. The van der Waals surface area contributed by atoms with Gasteiger partial charge in [-0.05, 0) is 41.5 Å². The monoisotopic (exact) mass is 424 g/mol. The molecule has 150 valence electrons. The van der Waals surface area contributed by atoms with Crippen LogP contribution in [0.3, 0.4) is 0 Å². The number of morpholine rings is 1. The summed E-state index contributed by atoms with van der Waals surface area (Å²) in [6.45, 7) is 1.76. The van der Waals surface area contributed by atoms with E-state index in [9.17, 15) is 4.79 Å². The summed E-state index contributed by atoms with van der Waals surface area (Å²) in [5.74, 6) is 1.27. The van der Waals surface area contributed by atoms with Gasteiger partial charge in [-0.15, -0.1) is 0 Å². The molecule has 1 atom stereocenters. The summed E-state index contributed by atoms with van der Waals surface area (Å²) in [5.41, 5.74) is 1.77. The fraction of sp³-hybridized carbons (Fsp3) is 0.350. The molecule has 1 N–H and O–H groups in total. The zero-order chi connectivity index (χ0) is 20.1. The molecule has 1 aliphatic heterocycles. The first-order valence-corrected chi connectivity index (χ1v) is 9.57. The summed E-state index contributed by atoms with van der Waals surface area (Å²) in [6.07, 6.45) is -0.267. The highest BCUT2D eigenvalue weighted by Crippen LogP contribution is 2.29. The van der Waals surface area contributed by atoms with Crippen molar-refractivity contribution < 1.29 is 19.0 Å². The Balaban J connectivity index is 1.61. The summed E-state index contributed by atoms with van der Waals surface area (Å²) < 4.78 is 16.3. The Morgan fingerprint density at radius 2 is 1.86 bits per heavy atom. The number of amides is 2. The van der Waals surface area contributed by atoms with E-state index in [2.05, 4.69) is 5.32 Å². The van der Waals surface area contributed by atoms with E-state index in [1.54, 1.807) is 25.2 Å². The van der Waals surface area contributed by atoms with Crippen LogP contribution in [-0.4, -0.2) is 44.8 Å². The number of rotatable bonds is 5. The molecule has 3 rings (SSSR count). The van der Waals surface area contributed by atoms with Gasteiger partial charge in [-0.3, -0.25) is 0 Å². The SMILES string of the molecule is COc1ccc(CNC(=O)N2CCOC(c3cc(Cl)cc(Cl)c3)C2)cc1OC. The van der Waals surface area contributed by atoms with Crippen molar-refractivity contribution in [2.75, 3.05) is 33.9 Å². The number of hydrogen-bond acceptors (Lipinski definition) is 4. The van der Waals surface area contributed by atoms with E-state index in [0.717, 1.165) is 11.1 Å². The number of carbonyl (C=O) groups excluding carboxylic acids is 1. The van der Waals surface area contributed by atoms with Crippen molar-refractivity contribution in [3.63, 3.8) is 0 Å². The molecular formula is C20H22Cl2N2O4. The Morgan fingerprint density at radius 1 is 1.14 bits per heavy atom. The van der Waals surface area contributed by atoms with E-state index < -0.39 is 0 Å². The predicted molar refractivity (Wildman–Crippen MR) is 109 cm³/mol. The molecule has 2 aromatic carbocycles. The van der Waals surface area contributed by atoms with Gasteiger partial charge in [0.05, 0.1) is 27.4 Å². The normalized spacial score (nSPS) is 16.6. The lowest BCUT2D eigenvalue weighted by Gasteiger charge is -2.33. The van der Waals surface area contributed by atoms with Gasteiger partial charge in [0.1, 0.15) is 6.10 Å². The van der Waals surface area contributed by atoms with Crippen molar-refractivity contribution in [3.8, 4) is 11.5 Å². The Labute approximate surface area is 174 Å². The maximum Gasteiger partial charge on any atom is 0.317 e. The summed E-state index contributed by atoms with van der Waals surface area (Å²) in [6, 6.07) is 10.7. The summed E-state index contributed by atoms with van der Waals surface area (Å²) in [7, 11) is 3.16. The first-order valence-electron chi connectivity index (χ1n) is 8.81. The molecule has 1 fully saturated rings. The molecule has 28 heavy (non-hydrogen) atoms. The predicted octanol–water partition coefficient (Wildman–Crippen LogP) is 4.29. The first-order chi connectivity index (χ1) is 13.5. The van der Waals surface area contributed by atoms with Gasteiger partial charge < -0.3 is 24.4 Å². The number of halogens is 2. The second-order valence-corrected chi connectivity index (χ2v) is 7.23. The quantitative estimate of drug-likeness (QED) is 0.777. The van der Waals surface area contributed by atoms with E-state index in [0.29, 0.717) is 47.8 Å². The van der Waals surface area contributed by atoms with E-state index in [1.807, 2.05) is 30.3 Å². The molecule has 1 saturated heterocycles. The molecule has 0 aromatic heterocycles. The number of hydrogen-bond donors (Lipinski definition) is 1. The van der Waals surface area contributed by atoms with Crippen LogP contribution in [0.2, 0.25) is 10.0 Å². The molecule has 1 aliphatic rings. The molecule has 0 saturated carbocycles. The highest BCUT2D eigenvalue weighted by Gasteiger charge is 2.25. The third-order valence-corrected chi connectivity index (χ3v) is 4.94. The van der Waals surface area contributed by atoms with Crippen LogP contribution in [-0.2, 0) is 11.3 Å². The van der Waals surface area contributed by atoms with Crippen molar-refractivity contribution in [1.82, 2.24) is 10.2 Å². The zero-order valence-electron chi connectivity index (χ0n) is 15.7. The van der Waals surface area contributed by atoms with Crippen LogP contribution >= 0.6 is 23.2 Å². The van der Waals surface area contributed by atoms with E-state index in [1.165, 1.54) is 0 Å². The Morgan fingerprint density at radius 3 is 2.54 bits per heavy atom. The second kappa shape index (κ2) is 9.37. The molecule has 8 heteroatoms. The smallest absolute Gasteiger partial charge is 0.317 e. The number of benzene rings is 2. The van der Waals surface area contributed by atoms with Gasteiger partial charge in [-0.25, -0.2) is 4.79 Å². The summed E-state index contributed by atoms with van der Waals surface area (Å²) in [4.78, 5) is 14.3. The van der Waals surface area contributed by atoms with E-state index in [4.69, 9.17) is 37.4 Å². The lowest BCUT2D eigenvalue weighted by atomic mass is 10.1. The average molecular weight is 425 g/mol. The fourth-order valence-electron chi connectivity index (χ4n) is 3.08. The van der Waals surface area contributed by atoms with Gasteiger partial charge in [0.2, 0.25) is 0 Å². The highest BCUT2D eigenvalue weighted by atomic mass is 35.5. The van der Waals surface area contributed by atoms with Crippen LogP contribution in [0.25, 0.3) is 0 Å². The Hall–Kier alpha value is -2.15. The topological polar surface area (TPSA) is 60.0 Å². The minimum absolute atomic E-state index is 0.156. The minimum atomic E-state index is -0.267. The lowest BCUT2D eigenvalue weighted by Crippen LogP contribution is -2.46. The highest BCUT2D eigenvalue weighted by molar-refractivity contribution is 6.34. The fourth-order valence-corrected chi connectivity index (χ4v) is 3.62.